The van der Waals surface area contributed by atoms with E-state index in [9.17, 15) is 4.79 Å². The van der Waals surface area contributed by atoms with Crippen LogP contribution in [0.1, 0.15) is 26.6 Å². The molecular formula is C15H21N3O2. The van der Waals surface area contributed by atoms with E-state index in [4.69, 9.17) is 4.74 Å². The Hall–Kier alpha value is -1.88. The SMILES string of the molecule is CCOC(=O)C(C)NCc1nc2ccccc2n1CC. The summed E-state index contributed by atoms with van der Waals surface area (Å²) in [7, 11) is 0. The minimum Gasteiger partial charge on any atom is -0.465 e. The molecule has 108 valence electrons. The van der Waals surface area contributed by atoms with E-state index in [1.54, 1.807) is 13.8 Å². The van der Waals surface area contributed by atoms with Crippen LogP contribution >= 0.6 is 0 Å². The van der Waals surface area contributed by atoms with Gasteiger partial charge >= 0.3 is 5.97 Å². The second-order valence-corrected chi connectivity index (χ2v) is 4.62. The highest BCUT2D eigenvalue weighted by atomic mass is 16.5. The fourth-order valence-corrected chi connectivity index (χ4v) is 2.21. The predicted octanol–water partition coefficient (Wildman–Crippen LogP) is 2.10. The number of benzene rings is 1. The first-order valence-electron chi connectivity index (χ1n) is 7.01. The lowest BCUT2D eigenvalue weighted by Gasteiger charge is -2.13. The van der Waals surface area contributed by atoms with Crippen molar-refractivity contribution in [3.05, 3.63) is 30.1 Å². The molecule has 2 aromatic rings. The van der Waals surface area contributed by atoms with Crippen molar-refractivity contribution in [1.29, 1.82) is 0 Å². The van der Waals surface area contributed by atoms with Crippen LogP contribution in [0.2, 0.25) is 0 Å². The lowest BCUT2D eigenvalue weighted by atomic mass is 10.3. The molecule has 0 fully saturated rings. The number of rotatable bonds is 6. The Morgan fingerprint density at radius 3 is 2.85 bits per heavy atom. The zero-order valence-corrected chi connectivity index (χ0v) is 12.2. The van der Waals surface area contributed by atoms with Crippen molar-refractivity contribution in [2.24, 2.45) is 0 Å². The molecule has 0 spiro atoms. The van der Waals surface area contributed by atoms with Crippen LogP contribution in [0.5, 0.6) is 0 Å². The summed E-state index contributed by atoms with van der Waals surface area (Å²) in [5.41, 5.74) is 2.10. The molecule has 0 amide bonds. The Morgan fingerprint density at radius 1 is 1.40 bits per heavy atom. The largest absolute Gasteiger partial charge is 0.465 e. The van der Waals surface area contributed by atoms with Crippen molar-refractivity contribution in [3.8, 4) is 0 Å². The second kappa shape index (κ2) is 6.52. The number of nitrogens with zero attached hydrogens (tertiary/aromatic N) is 2. The van der Waals surface area contributed by atoms with Crippen molar-refractivity contribution in [3.63, 3.8) is 0 Å². The summed E-state index contributed by atoms with van der Waals surface area (Å²) in [6.45, 7) is 7.50. The number of imidazole rings is 1. The van der Waals surface area contributed by atoms with Gasteiger partial charge in [-0.25, -0.2) is 4.98 Å². The molecule has 0 saturated heterocycles. The number of nitrogens with one attached hydrogen (secondary N) is 1. The first-order valence-corrected chi connectivity index (χ1v) is 7.01. The van der Waals surface area contributed by atoms with Gasteiger partial charge in [0.15, 0.2) is 0 Å². The first-order chi connectivity index (χ1) is 9.67. The van der Waals surface area contributed by atoms with Gasteiger partial charge in [0, 0.05) is 6.54 Å². The molecule has 0 saturated carbocycles. The fourth-order valence-electron chi connectivity index (χ4n) is 2.21. The summed E-state index contributed by atoms with van der Waals surface area (Å²) in [6, 6.07) is 7.71. The molecule has 0 aliphatic carbocycles. The molecule has 1 N–H and O–H groups in total. The molecule has 20 heavy (non-hydrogen) atoms. The maximum Gasteiger partial charge on any atom is 0.322 e. The average molecular weight is 275 g/mol. The number of aromatic nitrogens is 2. The molecule has 1 atom stereocenters. The highest BCUT2D eigenvalue weighted by molar-refractivity contribution is 5.76. The molecule has 0 bridgehead atoms. The number of ether oxygens (including phenoxy) is 1. The van der Waals surface area contributed by atoms with E-state index < -0.39 is 0 Å². The monoisotopic (exact) mass is 275 g/mol. The van der Waals surface area contributed by atoms with Gasteiger partial charge in [0.2, 0.25) is 0 Å². The Kier molecular flexibility index (Phi) is 4.74. The standard InChI is InChI=1S/C15H21N3O2/c1-4-18-13-9-7-6-8-12(13)17-14(18)10-16-11(3)15(19)20-5-2/h6-9,11,16H,4-5,10H2,1-3H3. The van der Waals surface area contributed by atoms with Gasteiger partial charge in [-0.3, -0.25) is 10.1 Å². The Morgan fingerprint density at radius 2 is 2.15 bits per heavy atom. The first kappa shape index (κ1) is 14.5. The number of esters is 1. The minimum atomic E-state index is -0.333. The molecule has 1 aromatic heterocycles. The second-order valence-electron chi connectivity index (χ2n) is 4.62. The summed E-state index contributed by atoms with van der Waals surface area (Å²) in [5.74, 6) is 0.705. The van der Waals surface area contributed by atoms with Crippen molar-refractivity contribution in [2.75, 3.05) is 6.61 Å². The number of aryl methyl sites for hydroxylation is 1. The molecule has 1 aromatic carbocycles. The number of carbonyl (C=O) groups is 1. The molecule has 0 aliphatic rings. The van der Waals surface area contributed by atoms with Crippen LogP contribution in [0, 0.1) is 0 Å². The zero-order valence-electron chi connectivity index (χ0n) is 12.2. The van der Waals surface area contributed by atoms with Gasteiger partial charge in [-0.05, 0) is 32.9 Å². The number of carbonyl (C=O) groups excluding carboxylic acids is 1. The van der Waals surface area contributed by atoms with E-state index in [1.165, 1.54) is 0 Å². The smallest absolute Gasteiger partial charge is 0.322 e. The fraction of sp³-hybridized carbons (Fsp3) is 0.467. The molecule has 5 heteroatoms. The van der Waals surface area contributed by atoms with Crippen molar-refractivity contribution in [1.82, 2.24) is 14.9 Å². The zero-order chi connectivity index (χ0) is 14.5. The van der Waals surface area contributed by atoms with E-state index >= 15 is 0 Å². The van der Waals surface area contributed by atoms with Crippen LogP contribution < -0.4 is 5.32 Å². The van der Waals surface area contributed by atoms with Crippen LogP contribution in [0.15, 0.2) is 24.3 Å². The van der Waals surface area contributed by atoms with Gasteiger partial charge in [0.1, 0.15) is 11.9 Å². The van der Waals surface area contributed by atoms with E-state index in [2.05, 4.69) is 27.9 Å². The Labute approximate surface area is 118 Å². The quantitative estimate of drug-likeness (QED) is 0.820. The van der Waals surface area contributed by atoms with Gasteiger partial charge < -0.3 is 9.30 Å². The molecule has 1 unspecified atom stereocenters. The summed E-state index contributed by atoms with van der Waals surface area (Å²) in [6.07, 6.45) is 0. The molecule has 5 nitrogen and oxygen atoms in total. The number of para-hydroxylation sites is 2. The summed E-state index contributed by atoms with van der Waals surface area (Å²) >= 11 is 0. The minimum absolute atomic E-state index is 0.230. The average Bonchev–Trinajstić information content (AvgIpc) is 2.82. The van der Waals surface area contributed by atoms with Gasteiger partial charge in [0.05, 0.1) is 24.2 Å². The van der Waals surface area contributed by atoms with Crippen molar-refractivity contribution in [2.45, 2.75) is 39.9 Å². The van der Waals surface area contributed by atoms with E-state index in [1.807, 2.05) is 18.2 Å². The predicted molar refractivity (Wildman–Crippen MR) is 78.3 cm³/mol. The van der Waals surface area contributed by atoms with Crippen LogP contribution in [-0.2, 0) is 22.6 Å². The van der Waals surface area contributed by atoms with Crippen molar-refractivity contribution < 1.29 is 9.53 Å². The van der Waals surface area contributed by atoms with Gasteiger partial charge in [-0.1, -0.05) is 12.1 Å². The third-order valence-corrected chi connectivity index (χ3v) is 3.26. The van der Waals surface area contributed by atoms with E-state index in [-0.39, 0.29) is 12.0 Å². The highest BCUT2D eigenvalue weighted by Gasteiger charge is 2.15. The maximum absolute atomic E-state index is 11.6. The molecule has 2 rings (SSSR count). The third-order valence-electron chi connectivity index (χ3n) is 3.26. The lowest BCUT2D eigenvalue weighted by Crippen LogP contribution is -2.35. The van der Waals surface area contributed by atoms with Gasteiger partial charge in [-0.2, -0.15) is 0 Å². The maximum atomic E-state index is 11.6. The van der Waals surface area contributed by atoms with Crippen LogP contribution in [0.4, 0.5) is 0 Å². The number of hydrogen-bond acceptors (Lipinski definition) is 4. The van der Waals surface area contributed by atoms with Crippen LogP contribution in [0.3, 0.4) is 0 Å². The Bertz CT molecular complexity index is 592. The summed E-state index contributed by atoms with van der Waals surface area (Å²) in [4.78, 5) is 16.2. The summed E-state index contributed by atoms with van der Waals surface area (Å²) in [5, 5.41) is 3.16. The molecular weight excluding hydrogens is 254 g/mol. The third kappa shape index (κ3) is 2.99. The topological polar surface area (TPSA) is 56.1 Å². The normalized spacial score (nSPS) is 12.6. The highest BCUT2D eigenvalue weighted by Crippen LogP contribution is 2.15. The van der Waals surface area contributed by atoms with Crippen molar-refractivity contribution >= 4 is 17.0 Å². The number of hydrogen-bond donors (Lipinski definition) is 1. The molecule has 0 aliphatic heterocycles. The van der Waals surface area contributed by atoms with Crippen LogP contribution in [0.25, 0.3) is 11.0 Å². The Balaban J connectivity index is 2.11. The number of fused-ring (bicyclic) bond motifs is 1. The molecule has 1 heterocycles. The molecule has 0 radical (unpaired) electrons. The van der Waals surface area contributed by atoms with Crippen LogP contribution in [-0.4, -0.2) is 28.2 Å². The van der Waals surface area contributed by atoms with E-state index in [0.29, 0.717) is 13.2 Å². The van der Waals surface area contributed by atoms with Gasteiger partial charge in [0.25, 0.3) is 0 Å². The lowest BCUT2D eigenvalue weighted by molar-refractivity contribution is -0.145. The summed E-state index contributed by atoms with van der Waals surface area (Å²) < 4.78 is 7.13. The van der Waals surface area contributed by atoms with Gasteiger partial charge in [-0.15, -0.1) is 0 Å². The van der Waals surface area contributed by atoms with E-state index in [0.717, 1.165) is 23.4 Å².